The third kappa shape index (κ3) is 4.65. The number of amides is 1. The Morgan fingerprint density at radius 3 is 2.87 bits per heavy atom. The second kappa shape index (κ2) is 8.08. The van der Waals surface area contributed by atoms with Crippen LogP contribution in [0.25, 0.3) is 0 Å². The minimum Gasteiger partial charge on any atom is -0.374 e. The Labute approximate surface area is 143 Å². The lowest BCUT2D eigenvalue weighted by Gasteiger charge is -2.38. The molecule has 7 nitrogen and oxygen atoms in total. The number of aromatic nitrogens is 2. The first kappa shape index (κ1) is 19.9. The van der Waals surface area contributed by atoms with Crippen molar-refractivity contribution in [1.29, 1.82) is 0 Å². The summed E-state index contributed by atoms with van der Waals surface area (Å²) in [5, 5.41) is 3.87. The molecule has 8 heteroatoms. The largest absolute Gasteiger partial charge is 0.374 e. The van der Waals surface area contributed by atoms with Crippen molar-refractivity contribution in [2.75, 3.05) is 14.2 Å². The van der Waals surface area contributed by atoms with Crippen LogP contribution in [0.4, 0.5) is 0 Å². The van der Waals surface area contributed by atoms with Crippen LogP contribution in [0.15, 0.2) is 4.52 Å². The minimum atomic E-state index is -0.436. The van der Waals surface area contributed by atoms with Crippen molar-refractivity contribution in [3.8, 4) is 0 Å². The van der Waals surface area contributed by atoms with Crippen molar-refractivity contribution in [2.45, 2.75) is 57.7 Å². The lowest BCUT2D eigenvalue weighted by Crippen LogP contribution is -2.53. The van der Waals surface area contributed by atoms with E-state index in [9.17, 15) is 4.79 Å². The molecular formula is C15H27ClN4O3. The van der Waals surface area contributed by atoms with Gasteiger partial charge in [-0.15, -0.1) is 12.4 Å². The number of ether oxygens (including phenoxy) is 1. The maximum Gasteiger partial charge on any atom is 0.246 e. The van der Waals surface area contributed by atoms with Gasteiger partial charge in [-0.3, -0.25) is 4.79 Å². The van der Waals surface area contributed by atoms with E-state index in [-0.39, 0.29) is 36.9 Å². The van der Waals surface area contributed by atoms with Gasteiger partial charge in [0, 0.05) is 19.7 Å². The number of carbonyl (C=O) groups excluding carboxylic acids is 1. The molecule has 2 rings (SSSR count). The highest BCUT2D eigenvalue weighted by atomic mass is 35.5. The highest BCUT2D eigenvalue weighted by Gasteiger charge is 2.39. The van der Waals surface area contributed by atoms with Crippen molar-refractivity contribution >= 4 is 18.3 Å². The molecule has 3 unspecified atom stereocenters. The lowest BCUT2D eigenvalue weighted by atomic mass is 9.74. The van der Waals surface area contributed by atoms with Crippen LogP contribution in [-0.2, 0) is 16.1 Å². The number of nitrogens with two attached hydrogens (primary N) is 1. The summed E-state index contributed by atoms with van der Waals surface area (Å²) in [6.07, 6.45) is 3.62. The van der Waals surface area contributed by atoms with Gasteiger partial charge in [-0.2, -0.15) is 4.98 Å². The Kier molecular flexibility index (Phi) is 6.98. The third-order valence-corrected chi connectivity index (χ3v) is 4.50. The SMILES string of the molecule is COC(C)c1noc(CN(C)C(=O)C2CCCCC2(C)N)n1.Cl. The lowest BCUT2D eigenvalue weighted by molar-refractivity contribution is -0.138. The molecule has 0 radical (unpaired) electrons. The molecule has 0 aliphatic heterocycles. The van der Waals surface area contributed by atoms with Gasteiger partial charge in [0.1, 0.15) is 6.10 Å². The van der Waals surface area contributed by atoms with E-state index in [4.69, 9.17) is 15.0 Å². The summed E-state index contributed by atoms with van der Waals surface area (Å²) in [6, 6.07) is 0. The predicted octanol–water partition coefficient (Wildman–Crippen LogP) is 2.06. The van der Waals surface area contributed by atoms with Crippen LogP contribution in [0.3, 0.4) is 0 Å². The first-order valence-electron chi connectivity index (χ1n) is 7.74. The molecule has 1 aliphatic carbocycles. The number of rotatable bonds is 5. The maximum absolute atomic E-state index is 12.6. The number of hydrogen-bond donors (Lipinski definition) is 1. The number of methoxy groups -OCH3 is 1. The molecule has 3 atom stereocenters. The Bertz CT molecular complexity index is 521. The van der Waals surface area contributed by atoms with E-state index in [1.54, 1.807) is 19.1 Å². The first-order chi connectivity index (χ1) is 10.3. The molecule has 1 amide bonds. The van der Waals surface area contributed by atoms with Gasteiger partial charge in [-0.05, 0) is 26.7 Å². The van der Waals surface area contributed by atoms with E-state index in [0.717, 1.165) is 25.7 Å². The Morgan fingerprint density at radius 2 is 2.26 bits per heavy atom. The molecule has 0 aromatic carbocycles. The zero-order valence-corrected chi connectivity index (χ0v) is 15.1. The van der Waals surface area contributed by atoms with Crippen LogP contribution >= 0.6 is 12.4 Å². The Hall–Kier alpha value is -1.18. The standard InChI is InChI=1S/C15H26N4O3.ClH/c1-10(21-4)13-17-12(22-18-13)9-19(3)14(20)11-7-5-6-8-15(11,2)16;/h10-11H,5-9,16H2,1-4H3;1H. The fraction of sp³-hybridized carbons (Fsp3) is 0.800. The summed E-state index contributed by atoms with van der Waals surface area (Å²) in [5.74, 6) is 0.791. The molecule has 1 aromatic rings. The molecule has 0 bridgehead atoms. The molecule has 1 aromatic heterocycles. The predicted molar refractivity (Wildman–Crippen MR) is 88.0 cm³/mol. The fourth-order valence-electron chi connectivity index (χ4n) is 2.91. The van der Waals surface area contributed by atoms with Crippen LogP contribution in [0.5, 0.6) is 0 Å². The summed E-state index contributed by atoms with van der Waals surface area (Å²) in [7, 11) is 3.33. The molecule has 2 N–H and O–H groups in total. The van der Waals surface area contributed by atoms with Crippen LogP contribution in [0, 0.1) is 5.92 Å². The zero-order valence-electron chi connectivity index (χ0n) is 14.2. The topological polar surface area (TPSA) is 94.5 Å². The van der Waals surface area contributed by atoms with Crippen LogP contribution in [0.2, 0.25) is 0 Å². The molecule has 1 fully saturated rings. The van der Waals surface area contributed by atoms with Crippen molar-refractivity contribution < 1.29 is 14.1 Å². The summed E-state index contributed by atoms with van der Waals surface area (Å²) >= 11 is 0. The van der Waals surface area contributed by atoms with Gasteiger partial charge in [-0.25, -0.2) is 0 Å². The van der Waals surface area contributed by atoms with Gasteiger partial charge in [0.15, 0.2) is 5.82 Å². The fourth-order valence-corrected chi connectivity index (χ4v) is 2.91. The van der Waals surface area contributed by atoms with Gasteiger partial charge >= 0.3 is 0 Å². The second-order valence-electron chi connectivity index (χ2n) is 6.42. The minimum absolute atomic E-state index is 0. The average molecular weight is 347 g/mol. The number of halogens is 1. The molecular weight excluding hydrogens is 320 g/mol. The third-order valence-electron chi connectivity index (χ3n) is 4.50. The van der Waals surface area contributed by atoms with Gasteiger partial charge < -0.3 is 19.9 Å². The molecule has 0 saturated heterocycles. The highest BCUT2D eigenvalue weighted by molar-refractivity contribution is 5.85. The smallest absolute Gasteiger partial charge is 0.246 e. The van der Waals surface area contributed by atoms with Gasteiger partial charge in [0.2, 0.25) is 11.8 Å². The van der Waals surface area contributed by atoms with Crippen molar-refractivity contribution in [3.63, 3.8) is 0 Å². The monoisotopic (exact) mass is 346 g/mol. The van der Waals surface area contributed by atoms with Gasteiger partial charge in [-0.1, -0.05) is 18.0 Å². The van der Waals surface area contributed by atoms with E-state index in [1.807, 2.05) is 13.8 Å². The van der Waals surface area contributed by atoms with E-state index in [0.29, 0.717) is 11.7 Å². The summed E-state index contributed by atoms with van der Waals surface area (Å²) in [5.41, 5.74) is 5.86. The van der Waals surface area contributed by atoms with E-state index < -0.39 is 5.54 Å². The highest BCUT2D eigenvalue weighted by Crippen LogP contribution is 2.32. The zero-order chi connectivity index (χ0) is 16.3. The van der Waals surface area contributed by atoms with Crippen LogP contribution in [0.1, 0.15) is 57.3 Å². The molecule has 1 aliphatic rings. The quantitative estimate of drug-likeness (QED) is 0.876. The first-order valence-corrected chi connectivity index (χ1v) is 7.74. The second-order valence-corrected chi connectivity index (χ2v) is 6.42. The van der Waals surface area contributed by atoms with Crippen LogP contribution in [-0.4, -0.2) is 40.6 Å². The van der Waals surface area contributed by atoms with Crippen molar-refractivity contribution in [1.82, 2.24) is 15.0 Å². The number of nitrogens with zero attached hydrogens (tertiary/aromatic N) is 3. The number of hydrogen-bond acceptors (Lipinski definition) is 6. The molecule has 132 valence electrons. The van der Waals surface area contributed by atoms with E-state index in [1.165, 1.54) is 0 Å². The summed E-state index contributed by atoms with van der Waals surface area (Å²) < 4.78 is 10.3. The molecule has 0 spiro atoms. The average Bonchev–Trinajstić information content (AvgIpc) is 2.93. The summed E-state index contributed by atoms with van der Waals surface area (Å²) in [6.45, 7) is 4.09. The van der Waals surface area contributed by atoms with Crippen molar-refractivity contribution in [2.24, 2.45) is 11.7 Å². The van der Waals surface area contributed by atoms with E-state index in [2.05, 4.69) is 10.1 Å². The van der Waals surface area contributed by atoms with E-state index >= 15 is 0 Å². The molecule has 1 saturated carbocycles. The number of carbonyl (C=O) groups is 1. The van der Waals surface area contributed by atoms with Crippen LogP contribution < -0.4 is 5.73 Å². The van der Waals surface area contributed by atoms with Gasteiger partial charge in [0.05, 0.1) is 12.5 Å². The normalized spacial score (nSPS) is 25.5. The molecule has 23 heavy (non-hydrogen) atoms. The Balaban J connectivity index is 0.00000264. The maximum atomic E-state index is 12.6. The van der Waals surface area contributed by atoms with Gasteiger partial charge in [0.25, 0.3) is 0 Å². The summed E-state index contributed by atoms with van der Waals surface area (Å²) in [4.78, 5) is 18.5. The molecule has 1 heterocycles. The van der Waals surface area contributed by atoms with Crippen molar-refractivity contribution in [3.05, 3.63) is 11.7 Å². The Morgan fingerprint density at radius 1 is 1.57 bits per heavy atom.